The first-order valence-electron chi connectivity index (χ1n) is 16.2. The van der Waals surface area contributed by atoms with Gasteiger partial charge in [-0.3, -0.25) is 0 Å². The second-order valence-corrected chi connectivity index (χ2v) is 12.1. The highest BCUT2D eigenvalue weighted by molar-refractivity contribution is 5.91. The lowest BCUT2D eigenvalue weighted by Crippen LogP contribution is -2.10. The number of unbranched alkanes of at least 4 members (excludes halogenated alkanes) is 2. The van der Waals surface area contributed by atoms with Crippen molar-refractivity contribution in [2.75, 3.05) is 26.4 Å². The maximum absolute atomic E-state index is 14.5. The van der Waals surface area contributed by atoms with Crippen molar-refractivity contribution in [3.63, 3.8) is 0 Å². The summed E-state index contributed by atoms with van der Waals surface area (Å²) >= 11 is 0. The Hall–Kier alpha value is -4.44. The van der Waals surface area contributed by atoms with E-state index in [0.717, 1.165) is 72.1 Å². The van der Waals surface area contributed by atoms with Gasteiger partial charge < -0.3 is 28.6 Å². The number of carbonyl (C=O) groups excluding carboxylic acids is 1. The summed E-state index contributed by atoms with van der Waals surface area (Å²) in [7, 11) is 0. The molecule has 3 aliphatic rings. The monoisotopic (exact) mass is 640 g/mol. The van der Waals surface area contributed by atoms with Crippen LogP contribution in [0.15, 0.2) is 78.9 Å². The number of rotatable bonds is 17. The Morgan fingerprint density at radius 2 is 1.43 bits per heavy atom. The highest BCUT2D eigenvalue weighted by Gasteiger charge is 2.23. The van der Waals surface area contributed by atoms with Crippen LogP contribution in [-0.4, -0.2) is 44.6 Å². The number of hydrogen-bond acceptors (Lipinski definition) is 8. The minimum Gasteiger partial charge on any atom is -0.494 e. The molecular weight excluding hydrogens is 603 g/mol. The molecule has 1 aliphatic carbocycles. The summed E-state index contributed by atoms with van der Waals surface area (Å²) in [6, 6.07) is 23.3. The molecule has 2 unspecified atom stereocenters. The van der Waals surface area contributed by atoms with Crippen LogP contribution in [0, 0.1) is 5.82 Å². The molecule has 0 radical (unpaired) electrons. The Balaban J connectivity index is 0.863. The minimum atomic E-state index is -0.641. The Morgan fingerprint density at radius 3 is 2.17 bits per heavy atom. The number of ether oxygens (including phenoxy) is 5. The summed E-state index contributed by atoms with van der Waals surface area (Å²) in [5, 5.41) is 0. The Labute approximate surface area is 273 Å². The first-order valence-corrected chi connectivity index (χ1v) is 16.2. The minimum absolute atomic E-state index is 0.0995. The van der Waals surface area contributed by atoms with Gasteiger partial charge in [0.1, 0.15) is 18.1 Å². The molecule has 0 aromatic heterocycles. The molecule has 244 valence electrons. The summed E-state index contributed by atoms with van der Waals surface area (Å²) in [6.07, 6.45) is 6.61. The maximum Gasteiger partial charge on any atom is 0.343 e. The lowest BCUT2D eigenvalue weighted by molar-refractivity contribution is -0.217. The summed E-state index contributed by atoms with van der Waals surface area (Å²) in [6.45, 7) is 3.01. The van der Waals surface area contributed by atoms with Gasteiger partial charge in [-0.15, -0.1) is 0 Å². The summed E-state index contributed by atoms with van der Waals surface area (Å²) in [4.78, 5) is 23.9. The molecular formula is C38H37FO8. The second kappa shape index (κ2) is 14.5. The number of fused-ring (bicyclic) bond motifs is 3. The van der Waals surface area contributed by atoms with Crippen LogP contribution >= 0.6 is 0 Å². The molecule has 4 aromatic rings. The molecule has 0 saturated carbocycles. The number of hydrogen-bond donors (Lipinski definition) is 0. The van der Waals surface area contributed by atoms with Crippen LogP contribution in [0.1, 0.15) is 59.2 Å². The van der Waals surface area contributed by atoms with Crippen LogP contribution in [0.4, 0.5) is 4.39 Å². The zero-order chi connectivity index (χ0) is 32.0. The first-order chi connectivity index (χ1) is 23.1. The van der Waals surface area contributed by atoms with Gasteiger partial charge in [-0.25, -0.2) is 9.18 Å². The van der Waals surface area contributed by atoms with Gasteiger partial charge in [-0.2, -0.15) is 4.89 Å². The highest BCUT2D eigenvalue weighted by atomic mass is 19.1. The van der Waals surface area contributed by atoms with E-state index in [4.69, 9.17) is 33.5 Å². The van der Waals surface area contributed by atoms with Gasteiger partial charge in [0.05, 0.1) is 44.2 Å². The van der Waals surface area contributed by atoms with E-state index in [1.54, 1.807) is 6.07 Å². The molecule has 2 fully saturated rings. The molecule has 2 heterocycles. The van der Waals surface area contributed by atoms with E-state index in [9.17, 15) is 9.18 Å². The van der Waals surface area contributed by atoms with Crippen LogP contribution in [-0.2, 0) is 27.4 Å². The van der Waals surface area contributed by atoms with Crippen molar-refractivity contribution < 1.29 is 42.6 Å². The van der Waals surface area contributed by atoms with Gasteiger partial charge in [-0.1, -0.05) is 30.7 Å². The summed E-state index contributed by atoms with van der Waals surface area (Å²) in [5.74, 6) is 0.692. The number of esters is 1. The van der Waals surface area contributed by atoms with Crippen molar-refractivity contribution in [2.24, 2.45) is 0 Å². The largest absolute Gasteiger partial charge is 0.494 e. The SMILES string of the molecule is O=C(Oc1ccc2c(c1)Cc1cc(OOCc3ccc(OCCCCCC4CO4)cc3)ccc1-2)c1ccc(OCCC2CO2)c(F)c1. The van der Waals surface area contributed by atoms with E-state index in [1.165, 1.54) is 18.6 Å². The summed E-state index contributed by atoms with van der Waals surface area (Å²) in [5.41, 5.74) is 5.33. The zero-order valence-electron chi connectivity index (χ0n) is 26.1. The molecule has 7 rings (SSSR count). The predicted octanol–water partition coefficient (Wildman–Crippen LogP) is 7.63. The van der Waals surface area contributed by atoms with Crippen LogP contribution in [0.3, 0.4) is 0 Å². The van der Waals surface area contributed by atoms with Gasteiger partial charge in [-0.05, 0) is 108 Å². The fourth-order valence-corrected chi connectivity index (χ4v) is 5.65. The van der Waals surface area contributed by atoms with Crippen molar-refractivity contribution in [1.29, 1.82) is 0 Å². The van der Waals surface area contributed by atoms with Crippen molar-refractivity contribution >= 4 is 5.97 Å². The fraction of sp³-hybridized carbons (Fsp3) is 0.342. The Morgan fingerprint density at radius 1 is 0.723 bits per heavy atom. The average molecular weight is 641 g/mol. The lowest BCUT2D eigenvalue weighted by Gasteiger charge is -2.09. The van der Waals surface area contributed by atoms with Gasteiger partial charge in [0, 0.05) is 6.42 Å². The third-order valence-corrected chi connectivity index (χ3v) is 8.45. The van der Waals surface area contributed by atoms with Crippen LogP contribution in [0.2, 0.25) is 0 Å². The number of carbonyl (C=O) groups is 1. The van der Waals surface area contributed by atoms with E-state index < -0.39 is 11.8 Å². The first kappa shape index (κ1) is 31.2. The standard InChI is InChI=1S/C38H37FO8/c39-36-21-26(7-14-37(36)42-17-15-33-24-44-33)38(40)46-30-10-12-34-27(19-30)18-28-20-31(11-13-35(28)34)47-45-22-25-5-8-29(9-6-25)41-16-3-1-2-4-32-23-43-32/h5-14,19-21,32-33H,1-4,15-18,22-24H2. The van der Waals surface area contributed by atoms with Gasteiger partial charge in [0.15, 0.2) is 17.3 Å². The van der Waals surface area contributed by atoms with Crippen molar-refractivity contribution in [2.45, 2.75) is 57.3 Å². The molecule has 0 bridgehead atoms. The van der Waals surface area contributed by atoms with Gasteiger partial charge in [0.2, 0.25) is 0 Å². The van der Waals surface area contributed by atoms with Crippen LogP contribution in [0.25, 0.3) is 11.1 Å². The molecule has 4 aromatic carbocycles. The number of halogens is 1. The maximum atomic E-state index is 14.5. The fourth-order valence-electron chi connectivity index (χ4n) is 5.65. The molecule has 2 saturated heterocycles. The molecule has 0 spiro atoms. The highest BCUT2D eigenvalue weighted by Crippen LogP contribution is 2.40. The third kappa shape index (κ3) is 8.48. The molecule has 9 heteroatoms. The van der Waals surface area contributed by atoms with Crippen molar-refractivity contribution in [3.8, 4) is 34.1 Å². The van der Waals surface area contributed by atoms with Crippen LogP contribution < -0.4 is 19.1 Å². The second-order valence-electron chi connectivity index (χ2n) is 12.1. The van der Waals surface area contributed by atoms with E-state index in [-0.39, 0.29) is 17.4 Å². The molecule has 8 nitrogen and oxygen atoms in total. The van der Waals surface area contributed by atoms with E-state index in [2.05, 4.69) is 0 Å². The number of epoxide rings is 2. The van der Waals surface area contributed by atoms with Crippen molar-refractivity contribution in [3.05, 3.63) is 107 Å². The normalized spacial score (nSPS) is 17.0. The molecule has 2 aliphatic heterocycles. The zero-order valence-corrected chi connectivity index (χ0v) is 26.1. The van der Waals surface area contributed by atoms with E-state index in [1.807, 2.05) is 54.6 Å². The van der Waals surface area contributed by atoms with Gasteiger partial charge in [0.25, 0.3) is 0 Å². The Bertz CT molecular complexity index is 1700. The topological polar surface area (TPSA) is 88.3 Å². The molecule has 2 atom stereocenters. The molecule has 0 N–H and O–H groups in total. The molecule has 47 heavy (non-hydrogen) atoms. The molecule has 0 amide bonds. The third-order valence-electron chi connectivity index (χ3n) is 8.45. The van der Waals surface area contributed by atoms with E-state index >= 15 is 0 Å². The van der Waals surface area contributed by atoms with Crippen LogP contribution in [0.5, 0.6) is 23.0 Å². The summed E-state index contributed by atoms with van der Waals surface area (Å²) < 4.78 is 41.8. The average Bonchev–Trinajstić information content (AvgIpc) is 4.02. The Kier molecular flexibility index (Phi) is 9.65. The van der Waals surface area contributed by atoms with E-state index in [0.29, 0.717) is 50.3 Å². The lowest BCUT2D eigenvalue weighted by atomic mass is 10.1. The van der Waals surface area contributed by atoms with Gasteiger partial charge >= 0.3 is 5.97 Å². The predicted molar refractivity (Wildman–Crippen MR) is 171 cm³/mol. The smallest absolute Gasteiger partial charge is 0.343 e. The number of benzene rings is 4. The quantitative estimate of drug-likeness (QED) is 0.0256. The van der Waals surface area contributed by atoms with Crippen molar-refractivity contribution in [1.82, 2.24) is 0 Å².